The van der Waals surface area contributed by atoms with Crippen LogP contribution in [0.3, 0.4) is 0 Å². The summed E-state index contributed by atoms with van der Waals surface area (Å²) in [7, 11) is 0. The first-order valence-corrected chi connectivity index (χ1v) is 6.68. The lowest BCUT2D eigenvalue weighted by Crippen LogP contribution is -2.25. The van der Waals surface area contributed by atoms with Crippen LogP contribution in [0, 0.1) is 6.92 Å². The fraction of sp³-hybridized carbons (Fsp3) is 0.267. The average Bonchev–Trinajstić information content (AvgIpc) is 2.89. The zero-order valence-electron chi connectivity index (χ0n) is 11.7. The van der Waals surface area contributed by atoms with Gasteiger partial charge in [-0.1, -0.05) is 6.07 Å². The topological polar surface area (TPSA) is 95.1 Å². The Hall–Kier alpha value is -2.63. The number of nitrogens with zero attached hydrogens (tertiary/aromatic N) is 1. The number of amides is 1. The van der Waals surface area contributed by atoms with Crippen molar-refractivity contribution in [2.45, 2.75) is 19.8 Å². The van der Waals surface area contributed by atoms with E-state index in [1.165, 1.54) is 12.1 Å². The van der Waals surface area contributed by atoms with Crippen molar-refractivity contribution in [2.75, 3.05) is 6.54 Å². The van der Waals surface area contributed by atoms with Crippen molar-refractivity contribution in [3.8, 4) is 0 Å². The van der Waals surface area contributed by atoms with Gasteiger partial charge in [0.25, 0.3) is 5.91 Å². The summed E-state index contributed by atoms with van der Waals surface area (Å²) in [5.41, 5.74) is 2.64. The molecule has 0 saturated heterocycles. The molecule has 0 aliphatic heterocycles. The summed E-state index contributed by atoms with van der Waals surface area (Å²) in [6, 6.07) is 5.99. The Morgan fingerprint density at radius 3 is 2.76 bits per heavy atom. The minimum Gasteiger partial charge on any atom is -0.478 e. The van der Waals surface area contributed by atoms with E-state index in [9.17, 15) is 9.59 Å². The number of aryl methyl sites for hydroxylation is 2. The Morgan fingerprint density at radius 1 is 1.33 bits per heavy atom. The maximum atomic E-state index is 11.9. The molecule has 0 radical (unpaired) electrons. The van der Waals surface area contributed by atoms with Gasteiger partial charge in [-0.25, -0.2) is 4.79 Å². The van der Waals surface area contributed by atoms with Crippen molar-refractivity contribution >= 4 is 11.9 Å². The SMILES string of the molecule is Cc1[nH]ncc1CCCNC(=O)c1cccc(C(=O)O)c1. The Morgan fingerprint density at radius 2 is 2.10 bits per heavy atom. The number of hydrogen-bond donors (Lipinski definition) is 3. The molecule has 1 aromatic carbocycles. The first-order chi connectivity index (χ1) is 10.1. The second kappa shape index (κ2) is 6.69. The molecule has 0 bridgehead atoms. The molecule has 0 saturated carbocycles. The highest BCUT2D eigenvalue weighted by Crippen LogP contribution is 2.07. The molecule has 0 spiro atoms. The zero-order valence-corrected chi connectivity index (χ0v) is 11.7. The van der Waals surface area contributed by atoms with Gasteiger partial charge in [0, 0.05) is 17.8 Å². The quantitative estimate of drug-likeness (QED) is 0.706. The molecule has 0 unspecified atom stereocenters. The van der Waals surface area contributed by atoms with Gasteiger partial charge in [-0.05, 0) is 43.5 Å². The first kappa shape index (κ1) is 14.8. The van der Waals surface area contributed by atoms with Gasteiger partial charge >= 0.3 is 5.97 Å². The minimum absolute atomic E-state index is 0.108. The normalized spacial score (nSPS) is 10.3. The molecule has 110 valence electrons. The molecule has 1 aromatic heterocycles. The fourth-order valence-corrected chi connectivity index (χ4v) is 2.00. The van der Waals surface area contributed by atoms with Crippen LogP contribution in [0.15, 0.2) is 30.5 Å². The van der Waals surface area contributed by atoms with Crippen molar-refractivity contribution in [1.82, 2.24) is 15.5 Å². The Bertz CT molecular complexity index is 649. The van der Waals surface area contributed by atoms with E-state index < -0.39 is 5.97 Å². The highest BCUT2D eigenvalue weighted by atomic mass is 16.4. The molecular formula is C15H17N3O3. The van der Waals surface area contributed by atoms with E-state index in [-0.39, 0.29) is 11.5 Å². The van der Waals surface area contributed by atoms with E-state index >= 15 is 0 Å². The van der Waals surface area contributed by atoms with Crippen LogP contribution in [0.2, 0.25) is 0 Å². The third-order valence-corrected chi connectivity index (χ3v) is 3.21. The molecule has 0 fully saturated rings. The van der Waals surface area contributed by atoms with Crippen LogP contribution >= 0.6 is 0 Å². The highest BCUT2D eigenvalue weighted by Gasteiger charge is 2.09. The molecule has 0 aliphatic carbocycles. The highest BCUT2D eigenvalue weighted by molar-refractivity contribution is 5.97. The summed E-state index contributed by atoms with van der Waals surface area (Å²) >= 11 is 0. The summed E-state index contributed by atoms with van der Waals surface area (Å²) in [5, 5.41) is 18.5. The number of carboxylic acids is 1. The van der Waals surface area contributed by atoms with Crippen molar-refractivity contribution in [3.63, 3.8) is 0 Å². The summed E-state index contributed by atoms with van der Waals surface area (Å²) in [4.78, 5) is 22.8. The number of aromatic nitrogens is 2. The molecule has 6 heteroatoms. The first-order valence-electron chi connectivity index (χ1n) is 6.68. The lowest BCUT2D eigenvalue weighted by molar-refractivity contribution is 0.0697. The molecule has 0 aliphatic rings. The number of nitrogens with one attached hydrogen (secondary N) is 2. The lowest BCUT2D eigenvalue weighted by atomic mass is 10.1. The monoisotopic (exact) mass is 287 g/mol. The van der Waals surface area contributed by atoms with Crippen LogP contribution in [-0.4, -0.2) is 33.7 Å². The van der Waals surface area contributed by atoms with Crippen molar-refractivity contribution < 1.29 is 14.7 Å². The van der Waals surface area contributed by atoms with E-state index in [0.29, 0.717) is 12.1 Å². The van der Waals surface area contributed by atoms with Gasteiger partial charge in [-0.15, -0.1) is 0 Å². The Labute approximate surface area is 122 Å². The summed E-state index contributed by atoms with van der Waals surface area (Å²) in [6.45, 7) is 2.49. The van der Waals surface area contributed by atoms with Gasteiger partial charge in [0.2, 0.25) is 0 Å². The second-order valence-corrected chi connectivity index (χ2v) is 4.77. The van der Waals surface area contributed by atoms with E-state index in [1.807, 2.05) is 6.92 Å². The predicted molar refractivity (Wildman–Crippen MR) is 77.4 cm³/mol. The summed E-state index contributed by atoms with van der Waals surface area (Å²) in [5.74, 6) is -1.30. The van der Waals surface area contributed by atoms with Gasteiger partial charge in [-0.3, -0.25) is 9.89 Å². The molecule has 3 N–H and O–H groups in total. The van der Waals surface area contributed by atoms with Gasteiger partial charge in [-0.2, -0.15) is 5.10 Å². The third kappa shape index (κ3) is 3.92. The largest absolute Gasteiger partial charge is 0.478 e. The maximum absolute atomic E-state index is 11.9. The minimum atomic E-state index is -1.04. The van der Waals surface area contributed by atoms with Crippen LogP contribution < -0.4 is 5.32 Å². The number of aromatic carboxylic acids is 1. The number of carboxylic acid groups (broad SMARTS) is 1. The molecule has 21 heavy (non-hydrogen) atoms. The van der Waals surface area contributed by atoms with Crippen LogP contribution in [-0.2, 0) is 6.42 Å². The lowest BCUT2D eigenvalue weighted by Gasteiger charge is -2.05. The predicted octanol–water partition coefficient (Wildman–Crippen LogP) is 1.78. The summed E-state index contributed by atoms with van der Waals surface area (Å²) < 4.78 is 0. The number of hydrogen-bond acceptors (Lipinski definition) is 3. The molecule has 1 amide bonds. The number of H-pyrrole nitrogens is 1. The number of carbonyl (C=O) groups excluding carboxylic acids is 1. The number of benzene rings is 1. The number of aromatic amines is 1. The fourth-order valence-electron chi connectivity index (χ4n) is 2.00. The average molecular weight is 287 g/mol. The van der Waals surface area contributed by atoms with Crippen molar-refractivity contribution in [2.24, 2.45) is 0 Å². The smallest absolute Gasteiger partial charge is 0.335 e. The van der Waals surface area contributed by atoms with Gasteiger partial charge < -0.3 is 10.4 Å². The van der Waals surface area contributed by atoms with Crippen LogP contribution in [0.4, 0.5) is 0 Å². The zero-order chi connectivity index (χ0) is 15.2. The second-order valence-electron chi connectivity index (χ2n) is 4.77. The Kier molecular flexibility index (Phi) is 4.71. The van der Waals surface area contributed by atoms with E-state index in [2.05, 4.69) is 15.5 Å². The molecule has 6 nitrogen and oxygen atoms in total. The van der Waals surface area contributed by atoms with E-state index in [0.717, 1.165) is 24.1 Å². The van der Waals surface area contributed by atoms with E-state index in [4.69, 9.17) is 5.11 Å². The van der Waals surface area contributed by atoms with Crippen LogP contribution in [0.1, 0.15) is 38.4 Å². The maximum Gasteiger partial charge on any atom is 0.335 e. The van der Waals surface area contributed by atoms with Gasteiger partial charge in [0.05, 0.1) is 11.8 Å². The molecule has 2 aromatic rings. The van der Waals surface area contributed by atoms with Crippen molar-refractivity contribution in [3.05, 3.63) is 52.8 Å². The van der Waals surface area contributed by atoms with Gasteiger partial charge in [0.15, 0.2) is 0 Å². The Balaban J connectivity index is 1.83. The van der Waals surface area contributed by atoms with Crippen LogP contribution in [0.5, 0.6) is 0 Å². The van der Waals surface area contributed by atoms with Crippen LogP contribution in [0.25, 0.3) is 0 Å². The van der Waals surface area contributed by atoms with Gasteiger partial charge in [0.1, 0.15) is 0 Å². The summed E-state index contributed by atoms with van der Waals surface area (Å²) in [6.07, 6.45) is 3.41. The molecular weight excluding hydrogens is 270 g/mol. The third-order valence-electron chi connectivity index (χ3n) is 3.21. The molecule has 2 rings (SSSR count). The number of carbonyl (C=O) groups is 2. The van der Waals surface area contributed by atoms with E-state index in [1.54, 1.807) is 18.3 Å². The standard InChI is InChI=1S/C15H17N3O3/c1-10-13(9-17-18-10)6-3-7-16-14(19)11-4-2-5-12(8-11)15(20)21/h2,4-5,8-9H,3,6-7H2,1H3,(H,16,19)(H,17,18)(H,20,21). The molecule has 1 heterocycles. The van der Waals surface area contributed by atoms with Crippen molar-refractivity contribution in [1.29, 1.82) is 0 Å². The number of rotatable bonds is 6. The molecule has 0 atom stereocenters.